The van der Waals surface area contributed by atoms with E-state index in [0.717, 1.165) is 17.5 Å². The van der Waals surface area contributed by atoms with Crippen LogP contribution in [0.15, 0.2) is 24.3 Å². The maximum atomic E-state index is 11.5. The molecule has 0 radical (unpaired) electrons. The molecule has 4 aliphatic rings. The molecule has 1 spiro atoms. The predicted octanol–water partition coefficient (Wildman–Crippen LogP) is 1.61. The average Bonchev–Trinajstić information content (AvgIpc) is 3.37. The second-order valence-electron chi connectivity index (χ2n) is 7.47. The molecule has 7 heteroatoms. The molecule has 0 amide bonds. The minimum absolute atomic E-state index is 0.118. The number of aliphatic hydroxyl groups excluding tert-OH is 2. The predicted molar refractivity (Wildman–Crippen MR) is 93.1 cm³/mol. The Morgan fingerprint density at radius 1 is 0.963 bits per heavy atom. The number of ether oxygens (including phenoxy) is 4. The van der Waals surface area contributed by atoms with Crippen LogP contribution in [0.5, 0.6) is 23.0 Å². The quantitative estimate of drug-likeness (QED) is 0.730. The zero-order chi connectivity index (χ0) is 18.3. The molecular weight excluding hydrogens is 350 g/mol. The van der Waals surface area contributed by atoms with Crippen molar-refractivity contribution in [3.05, 3.63) is 46.5 Å². The SMILES string of the molecule is CN1CCc2cc3c(cc2[C@@]12[C@H](O)c1c(ccc4c1OCO4)[C@@H]2O)OCO3. The first-order valence-corrected chi connectivity index (χ1v) is 9.05. The van der Waals surface area contributed by atoms with E-state index >= 15 is 0 Å². The van der Waals surface area contributed by atoms with Crippen molar-refractivity contribution < 1.29 is 29.2 Å². The third-order valence-electron chi connectivity index (χ3n) is 6.39. The van der Waals surface area contributed by atoms with Gasteiger partial charge in [0.05, 0.1) is 0 Å². The molecule has 0 saturated heterocycles. The van der Waals surface area contributed by atoms with Gasteiger partial charge < -0.3 is 29.2 Å². The lowest BCUT2D eigenvalue weighted by Crippen LogP contribution is -2.53. The van der Waals surface area contributed by atoms with E-state index < -0.39 is 17.7 Å². The number of aliphatic hydroxyl groups is 2. The molecule has 2 N–H and O–H groups in total. The molecule has 0 aromatic heterocycles. The summed E-state index contributed by atoms with van der Waals surface area (Å²) in [7, 11) is 1.93. The number of benzene rings is 2. The topological polar surface area (TPSA) is 80.6 Å². The van der Waals surface area contributed by atoms with Gasteiger partial charge in [-0.3, -0.25) is 4.90 Å². The Bertz CT molecular complexity index is 975. The van der Waals surface area contributed by atoms with Gasteiger partial charge in [-0.25, -0.2) is 0 Å². The van der Waals surface area contributed by atoms with Crippen LogP contribution in [0.2, 0.25) is 0 Å². The van der Waals surface area contributed by atoms with Gasteiger partial charge in [0.2, 0.25) is 13.6 Å². The highest BCUT2D eigenvalue weighted by Crippen LogP contribution is 2.62. The van der Waals surface area contributed by atoms with Gasteiger partial charge in [0.1, 0.15) is 17.7 Å². The summed E-state index contributed by atoms with van der Waals surface area (Å²) in [5.74, 6) is 2.48. The zero-order valence-corrected chi connectivity index (χ0v) is 14.8. The fourth-order valence-electron chi connectivity index (χ4n) is 5.09. The fraction of sp³-hybridized carbons (Fsp3) is 0.400. The van der Waals surface area contributed by atoms with Crippen molar-refractivity contribution in [3.63, 3.8) is 0 Å². The Labute approximate surface area is 155 Å². The number of hydrogen-bond acceptors (Lipinski definition) is 7. The second kappa shape index (κ2) is 5.07. The largest absolute Gasteiger partial charge is 0.454 e. The molecule has 6 rings (SSSR count). The normalized spacial score (nSPS) is 29.9. The molecule has 7 nitrogen and oxygen atoms in total. The van der Waals surface area contributed by atoms with Gasteiger partial charge in [0.25, 0.3) is 0 Å². The first-order chi connectivity index (χ1) is 13.1. The monoisotopic (exact) mass is 369 g/mol. The maximum Gasteiger partial charge on any atom is 0.231 e. The van der Waals surface area contributed by atoms with E-state index in [4.69, 9.17) is 18.9 Å². The highest BCUT2D eigenvalue weighted by Gasteiger charge is 2.60. The summed E-state index contributed by atoms with van der Waals surface area (Å²) in [5, 5.41) is 23.0. The Hall–Kier alpha value is -2.48. The number of hydrogen-bond donors (Lipinski definition) is 2. The van der Waals surface area contributed by atoms with Crippen molar-refractivity contribution in [2.24, 2.45) is 0 Å². The molecule has 3 heterocycles. The zero-order valence-electron chi connectivity index (χ0n) is 14.8. The van der Waals surface area contributed by atoms with Crippen molar-refractivity contribution in [1.82, 2.24) is 4.90 Å². The third kappa shape index (κ3) is 1.72. The lowest BCUT2D eigenvalue weighted by molar-refractivity contribution is -0.0951. The van der Waals surface area contributed by atoms with Crippen LogP contribution >= 0.6 is 0 Å². The van der Waals surface area contributed by atoms with Crippen LogP contribution in [0, 0.1) is 0 Å². The molecule has 140 valence electrons. The summed E-state index contributed by atoms with van der Waals surface area (Å²) < 4.78 is 22.2. The van der Waals surface area contributed by atoms with Crippen LogP contribution in [0.25, 0.3) is 0 Å². The maximum absolute atomic E-state index is 11.5. The van der Waals surface area contributed by atoms with Gasteiger partial charge in [-0.2, -0.15) is 0 Å². The third-order valence-corrected chi connectivity index (χ3v) is 6.39. The first kappa shape index (κ1) is 15.6. The lowest BCUT2D eigenvalue weighted by Gasteiger charge is -2.48. The van der Waals surface area contributed by atoms with Crippen LogP contribution < -0.4 is 18.9 Å². The van der Waals surface area contributed by atoms with Crippen LogP contribution in [-0.4, -0.2) is 42.3 Å². The second-order valence-corrected chi connectivity index (χ2v) is 7.47. The summed E-state index contributed by atoms with van der Waals surface area (Å²) >= 11 is 0. The molecular formula is C20H19NO6. The summed E-state index contributed by atoms with van der Waals surface area (Å²) in [6.45, 7) is 1.01. The van der Waals surface area contributed by atoms with Crippen LogP contribution in [0.3, 0.4) is 0 Å². The molecule has 2 aromatic carbocycles. The molecule has 3 aliphatic heterocycles. The van der Waals surface area contributed by atoms with Crippen LogP contribution in [-0.2, 0) is 12.0 Å². The molecule has 3 atom stereocenters. The van der Waals surface area contributed by atoms with Crippen molar-refractivity contribution in [2.45, 2.75) is 24.2 Å². The molecule has 0 fully saturated rings. The number of fused-ring (bicyclic) bond motifs is 6. The van der Waals surface area contributed by atoms with E-state index in [1.165, 1.54) is 0 Å². The minimum atomic E-state index is -1.02. The standard InChI is InChI=1S/C20H19NO6/c1-21-5-4-10-6-14-15(26-8-25-14)7-12(10)20(21)18(22)11-2-3-13-17(27-9-24-13)16(11)19(20)23/h2-3,6-7,18-19,22-23H,4-5,8-9H2,1H3/t18-,19+,20+/m0/s1. The van der Waals surface area contributed by atoms with E-state index in [9.17, 15) is 10.2 Å². The van der Waals surface area contributed by atoms with Crippen molar-refractivity contribution in [2.75, 3.05) is 27.2 Å². The summed E-state index contributed by atoms with van der Waals surface area (Å²) in [6, 6.07) is 7.49. The minimum Gasteiger partial charge on any atom is -0.454 e. The van der Waals surface area contributed by atoms with E-state index in [1.54, 1.807) is 6.07 Å². The molecule has 27 heavy (non-hydrogen) atoms. The number of likely N-dealkylation sites (N-methyl/N-ethyl adjacent to an activating group) is 1. The van der Waals surface area contributed by atoms with Gasteiger partial charge in [0, 0.05) is 12.1 Å². The van der Waals surface area contributed by atoms with E-state index in [0.29, 0.717) is 40.7 Å². The fourth-order valence-corrected chi connectivity index (χ4v) is 5.09. The summed E-state index contributed by atoms with van der Waals surface area (Å²) in [6.07, 6.45) is -1.08. The number of rotatable bonds is 0. The highest BCUT2D eigenvalue weighted by molar-refractivity contribution is 5.62. The Morgan fingerprint density at radius 3 is 2.56 bits per heavy atom. The van der Waals surface area contributed by atoms with Gasteiger partial charge in [0.15, 0.2) is 23.0 Å². The van der Waals surface area contributed by atoms with E-state index in [-0.39, 0.29) is 13.6 Å². The van der Waals surface area contributed by atoms with Gasteiger partial charge >= 0.3 is 0 Å². The van der Waals surface area contributed by atoms with Crippen LogP contribution in [0.1, 0.15) is 34.5 Å². The lowest BCUT2D eigenvalue weighted by atomic mass is 9.75. The van der Waals surface area contributed by atoms with Crippen molar-refractivity contribution in [3.8, 4) is 23.0 Å². The molecule has 2 aromatic rings. The van der Waals surface area contributed by atoms with E-state index in [1.807, 2.05) is 30.1 Å². The van der Waals surface area contributed by atoms with Gasteiger partial charge in [-0.1, -0.05) is 6.07 Å². The Morgan fingerprint density at radius 2 is 1.70 bits per heavy atom. The molecule has 0 unspecified atom stereocenters. The summed E-state index contributed by atoms with van der Waals surface area (Å²) in [5.41, 5.74) is 2.18. The van der Waals surface area contributed by atoms with Crippen molar-refractivity contribution in [1.29, 1.82) is 0 Å². The highest BCUT2D eigenvalue weighted by atomic mass is 16.7. The molecule has 1 aliphatic carbocycles. The van der Waals surface area contributed by atoms with Gasteiger partial charge in [-0.05, 0) is 48.4 Å². The van der Waals surface area contributed by atoms with E-state index in [2.05, 4.69) is 0 Å². The van der Waals surface area contributed by atoms with Crippen molar-refractivity contribution >= 4 is 0 Å². The Kier molecular flexibility index (Phi) is 2.92. The summed E-state index contributed by atoms with van der Waals surface area (Å²) in [4.78, 5) is 2.04. The smallest absolute Gasteiger partial charge is 0.231 e. The van der Waals surface area contributed by atoms with Crippen LogP contribution in [0.4, 0.5) is 0 Å². The average molecular weight is 369 g/mol. The molecule has 0 saturated carbocycles. The van der Waals surface area contributed by atoms with Gasteiger partial charge in [-0.15, -0.1) is 0 Å². The first-order valence-electron chi connectivity index (χ1n) is 9.05. The molecule has 0 bridgehead atoms. The Balaban J connectivity index is 1.61. The number of nitrogens with zero attached hydrogens (tertiary/aromatic N) is 1.